The summed E-state index contributed by atoms with van der Waals surface area (Å²) in [5.41, 5.74) is 4.43. The Morgan fingerprint density at radius 2 is 1.59 bits per heavy atom. The van der Waals surface area contributed by atoms with E-state index in [0.29, 0.717) is 0 Å². The molecule has 1 nitrogen and oxygen atoms in total. The van der Waals surface area contributed by atoms with Gasteiger partial charge in [0.25, 0.3) is 0 Å². The number of hydrogen-bond donors (Lipinski definition) is 0. The molecule has 0 amide bonds. The van der Waals surface area contributed by atoms with Gasteiger partial charge in [0.2, 0.25) is 0 Å². The van der Waals surface area contributed by atoms with Gasteiger partial charge in [0.05, 0.1) is 5.60 Å². The van der Waals surface area contributed by atoms with Crippen LogP contribution in [-0.2, 0) is 24.2 Å². The second-order valence-electron chi connectivity index (χ2n) is 5.45. The predicted molar refractivity (Wildman–Crippen MR) is 78.4 cm³/mol. The summed E-state index contributed by atoms with van der Waals surface area (Å²) >= 11 is 2.04. The van der Waals surface area contributed by atoms with Crippen LogP contribution in [0, 0.1) is 0 Å². The summed E-state index contributed by atoms with van der Waals surface area (Å²) in [5.74, 6) is 0. The van der Waals surface area contributed by atoms with Crippen LogP contribution in [0.3, 0.4) is 0 Å². The van der Waals surface area contributed by atoms with Crippen molar-refractivity contribution in [1.29, 1.82) is 0 Å². The van der Waals surface area contributed by atoms with Crippen LogP contribution in [0.2, 0.25) is 19.1 Å². The third kappa shape index (κ3) is 4.16. The zero-order valence-corrected chi connectivity index (χ0v) is 15.8. The van der Waals surface area contributed by atoms with Crippen molar-refractivity contribution in [3.05, 3.63) is 35.6 Å². The zero-order chi connectivity index (χ0) is 13.7. The minimum absolute atomic E-state index is 0.0677. The van der Waals surface area contributed by atoms with Crippen LogP contribution in [0.1, 0.15) is 20.3 Å². The van der Waals surface area contributed by atoms with E-state index in [4.69, 9.17) is 4.43 Å². The molecule has 0 bridgehead atoms. The van der Waals surface area contributed by atoms with Crippen LogP contribution < -0.4 is 0 Å². The van der Waals surface area contributed by atoms with Crippen molar-refractivity contribution < 1.29 is 24.2 Å². The van der Waals surface area contributed by atoms with Gasteiger partial charge in [-0.15, -0.1) is 13.2 Å². The third-order valence-corrected chi connectivity index (χ3v) is 18.4. The molecule has 0 N–H and O–H groups in total. The molecular formula is C13H25OPtSi2. The van der Waals surface area contributed by atoms with Crippen LogP contribution in [0.5, 0.6) is 0 Å². The molecule has 0 aliphatic carbocycles. The maximum absolute atomic E-state index is 6.32. The molecule has 0 radical (unpaired) electrons. The first-order valence-corrected chi connectivity index (χ1v) is 13.4. The molecule has 1 rings (SSSR count). The van der Waals surface area contributed by atoms with Crippen molar-refractivity contribution in [2.75, 3.05) is 0 Å². The molecule has 0 aromatic carbocycles. The molecule has 1 fully saturated rings. The summed E-state index contributed by atoms with van der Waals surface area (Å²) in [7, 11) is -3.11. The number of rotatable bonds is 2. The second-order valence-corrected chi connectivity index (χ2v) is 19.4. The van der Waals surface area contributed by atoms with Crippen LogP contribution in [-0.4, -0.2) is 21.0 Å². The molecule has 1 aliphatic rings. The Morgan fingerprint density at radius 3 is 1.88 bits per heavy atom. The Morgan fingerprint density at radius 1 is 1.18 bits per heavy atom. The van der Waals surface area contributed by atoms with Gasteiger partial charge in [0, 0.05) is 0 Å². The molecule has 1 heterocycles. The van der Waals surface area contributed by atoms with Crippen LogP contribution >= 0.6 is 0 Å². The van der Waals surface area contributed by atoms with E-state index < -0.39 is 15.4 Å². The van der Waals surface area contributed by atoms with Gasteiger partial charge in [0.1, 0.15) is 7.59 Å². The Labute approximate surface area is 120 Å². The summed E-state index contributed by atoms with van der Waals surface area (Å²) in [6.07, 6.45) is 1.15. The normalized spacial score (nSPS) is 23.9. The SMILES string of the molecule is C=C[Si]1(C=C)CCC(C)(C)O[Si]1(C)C.C=[CH][Pt]. The Balaban J connectivity index is 0.000000770. The summed E-state index contributed by atoms with van der Waals surface area (Å²) in [4.78, 5) is 0. The molecule has 17 heavy (non-hydrogen) atoms. The van der Waals surface area contributed by atoms with Gasteiger partial charge in [-0.3, -0.25) is 0 Å². The first-order valence-electron chi connectivity index (χ1n) is 5.85. The van der Waals surface area contributed by atoms with Crippen molar-refractivity contribution in [1.82, 2.24) is 0 Å². The summed E-state index contributed by atoms with van der Waals surface area (Å²) in [6.45, 7) is 20.4. The van der Waals surface area contributed by atoms with Gasteiger partial charge in [0.15, 0.2) is 7.83 Å². The molecular weight excluding hydrogens is 423 g/mol. The van der Waals surface area contributed by atoms with E-state index in [9.17, 15) is 0 Å². The van der Waals surface area contributed by atoms with Crippen LogP contribution in [0.4, 0.5) is 0 Å². The van der Waals surface area contributed by atoms with E-state index in [1.54, 1.807) is 4.47 Å². The summed E-state index contributed by atoms with van der Waals surface area (Å²) in [5, 5.41) is 0. The molecule has 4 heteroatoms. The standard InChI is InChI=1S/C11H22OSi2.C2H3.Pt/c1-7-14(8-2)10-9-11(3,4)12-13(14,5)6;1-2;/h7-8H,1-2,9-10H2,3-6H3;1H,2H2;. The van der Waals surface area contributed by atoms with Gasteiger partial charge < -0.3 is 4.43 Å². The molecule has 1 saturated heterocycles. The van der Waals surface area contributed by atoms with Gasteiger partial charge in [-0.25, -0.2) is 0 Å². The summed E-state index contributed by atoms with van der Waals surface area (Å²) < 4.78 is 8.04. The third-order valence-electron chi connectivity index (χ3n) is 3.52. The first kappa shape index (κ1) is 17.3. The minimum atomic E-state index is -1.60. The molecule has 1 aliphatic heterocycles. The second kappa shape index (κ2) is 6.46. The fourth-order valence-electron chi connectivity index (χ4n) is 2.42. The zero-order valence-electron chi connectivity index (χ0n) is 11.5. The average Bonchev–Trinajstić information content (AvgIpc) is 2.17. The van der Waals surface area contributed by atoms with Crippen LogP contribution in [0.25, 0.3) is 0 Å². The Kier molecular flexibility index (Phi) is 6.58. The fourth-order valence-corrected chi connectivity index (χ4v) is 13.8. The maximum atomic E-state index is 6.32. The van der Waals surface area contributed by atoms with E-state index >= 15 is 0 Å². The number of hydrogen-bond acceptors (Lipinski definition) is 1. The molecule has 0 saturated carbocycles. The van der Waals surface area contributed by atoms with Crippen molar-refractivity contribution in [3.63, 3.8) is 0 Å². The predicted octanol–water partition coefficient (Wildman–Crippen LogP) is 4.04. The van der Waals surface area contributed by atoms with E-state index in [-0.39, 0.29) is 5.60 Å². The average molecular weight is 449 g/mol. The van der Waals surface area contributed by atoms with Crippen molar-refractivity contribution >= 4 is 15.4 Å². The molecule has 0 atom stereocenters. The van der Waals surface area contributed by atoms with Gasteiger partial charge in [-0.05, 0) is 39.4 Å². The van der Waals surface area contributed by atoms with Crippen molar-refractivity contribution in [2.24, 2.45) is 0 Å². The Bertz CT molecular complexity index is 290. The van der Waals surface area contributed by atoms with E-state index in [1.165, 1.54) is 6.04 Å². The Hall–Kier alpha value is 0.302. The molecule has 0 unspecified atom stereocenters. The fraction of sp³-hybridized carbons (Fsp3) is 0.538. The van der Waals surface area contributed by atoms with Crippen molar-refractivity contribution in [3.8, 4) is 0 Å². The van der Waals surface area contributed by atoms with Gasteiger partial charge >= 0.3 is 30.9 Å². The quantitative estimate of drug-likeness (QED) is 0.580. The van der Waals surface area contributed by atoms with E-state index in [1.807, 2.05) is 19.8 Å². The molecule has 0 spiro atoms. The van der Waals surface area contributed by atoms with Crippen molar-refractivity contribution in [2.45, 2.75) is 45.0 Å². The monoisotopic (exact) mass is 448 g/mol. The first-order chi connectivity index (χ1) is 7.70. The van der Waals surface area contributed by atoms with E-state index in [2.05, 4.69) is 58.1 Å². The summed E-state index contributed by atoms with van der Waals surface area (Å²) in [6, 6.07) is 1.27. The van der Waals surface area contributed by atoms with Gasteiger partial charge in [-0.2, -0.15) is 0 Å². The van der Waals surface area contributed by atoms with Gasteiger partial charge in [-0.1, -0.05) is 11.4 Å². The molecule has 101 valence electrons. The topological polar surface area (TPSA) is 9.23 Å². The van der Waals surface area contributed by atoms with Crippen LogP contribution in [0.15, 0.2) is 35.6 Å². The van der Waals surface area contributed by atoms with E-state index in [0.717, 1.165) is 6.42 Å². The molecule has 0 aromatic heterocycles. The molecule has 0 aromatic rings.